The van der Waals surface area contributed by atoms with E-state index in [9.17, 15) is 9.59 Å². The fourth-order valence-corrected chi connectivity index (χ4v) is 5.01. The molecule has 0 bridgehead atoms. The van der Waals surface area contributed by atoms with E-state index in [1.54, 1.807) is 73.7 Å². The van der Waals surface area contributed by atoms with Gasteiger partial charge < -0.3 is 25.4 Å². The van der Waals surface area contributed by atoms with Gasteiger partial charge in [0.2, 0.25) is 0 Å². The first-order chi connectivity index (χ1) is 19.3. The number of nitrogens with one attached hydrogen (secondary N) is 3. The third-order valence-electron chi connectivity index (χ3n) is 6.49. The molecule has 11 heteroatoms. The Bertz CT molecular complexity index is 1370. The number of nitrogens with zero attached hydrogens (tertiary/aromatic N) is 1. The Kier molecular flexibility index (Phi) is 10.4. The summed E-state index contributed by atoms with van der Waals surface area (Å²) in [7, 11) is 3.33. The Balaban J connectivity index is 1.55. The van der Waals surface area contributed by atoms with Crippen LogP contribution < -0.4 is 20.9 Å². The Labute approximate surface area is 248 Å². The molecule has 3 aromatic rings. The van der Waals surface area contributed by atoms with Crippen molar-refractivity contribution in [3.8, 4) is 0 Å². The highest BCUT2D eigenvalue weighted by Crippen LogP contribution is 2.40. The topological polar surface area (TPSA) is 91.9 Å². The molecule has 0 spiro atoms. The van der Waals surface area contributed by atoms with Gasteiger partial charge in [-0.05, 0) is 79.7 Å². The van der Waals surface area contributed by atoms with Crippen molar-refractivity contribution in [2.24, 2.45) is 0 Å². The van der Waals surface area contributed by atoms with Gasteiger partial charge in [-0.15, -0.1) is 0 Å². The van der Waals surface area contributed by atoms with Gasteiger partial charge in [0.05, 0.1) is 29.0 Å². The summed E-state index contributed by atoms with van der Waals surface area (Å²) >= 11 is 17.6. The minimum absolute atomic E-state index is 0.249. The standard InChI is InChI=1S/C29H30Cl2N4O4S/c1-32-29(40)33-15-16-39-25-13-14-26(38-2)35(24-12-9-19(30)17-22(24)25)28(37)18-7-10-20(11-8-18)34-27(36)21-5-3-4-6-23(21)31/h3-12,17,25-26H,13-16H2,1-2H3,(H,34,36)(H2,32,33,40). The van der Waals surface area contributed by atoms with Crippen LogP contribution in [0.1, 0.15) is 45.2 Å². The first-order valence-electron chi connectivity index (χ1n) is 12.7. The van der Waals surface area contributed by atoms with Crippen molar-refractivity contribution >= 4 is 63.7 Å². The van der Waals surface area contributed by atoms with Gasteiger partial charge in [-0.3, -0.25) is 14.5 Å². The number of hydrogen-bond donors (Lipinski definition) is 3. The van der Waals surface area contributed by atoms with E-state index in [2.05, 4.69) is 16.0 Å². The maximum atomic E-state index is 13.9. The maximum Gasteiger partial charge on any atom is 0.260 e. The van der Waals surface area contributed by atoms with Crippen molar-refractivity contribution < 1.29 is 19.1 Å². The van der Waals surface area contributed by atoms with Crippen LogP contribution >= 0.6 is 35.4 Å². The molecule has 1 heterocycles. The molecule has 0 aliphatic carbocycles. The SMILES string of the molecule is CNC(=S)NCCOC1CCC(OC)N(C(=O)c2ccc(NC(=O)c3ccccc3Cl)cc2)c2ccc(Cl)cc21. The predicted octanol–water partition coefficient (Wildman–Crippen LogP) is 5.81. The van der Waals surface area contributed by atoms with E-state index >= 15 is 0 Å². The quantitative estimate of drug-likeness (QED) is 0.222. The van der Waals surface area contributed by atoms with E-state index in [1.807, 2.05) is 12.1 Å². The number of carbonyl (C=O) groups excluding carboxylic acids is 2. The monoisotopic (exact) mass is 600 g/mol. The van der Waals surface area contributed by atoms with Gasteiger partial charge in [-0.25, -0.2) is 0 Å². The highest BCUT2D eigenvalue weighted by Gasteiger charge is 2.34. The van der Waals surface area contributed by atoms with Crippen LogP contribution in [-0.4, -0.2) is 50.5 Å². The zero-order chi connectivity index (χ0) is 28.6. The molecule has 0 radical (unpaired) electrons. The van der Waals surface area contributed by atoms with Gasteiger partial charge in [-0.2, -0.15) is 0 Å². The van der Waals surface area contributed by atoms with Crippen LogP contribution in [0, 0.1) is 0 Å². The second kappa shape index (κ2) is 13.9. The highest BCUT2D eigenvalue weighted by molar-refractivity contribution is 7.80. The number of methoxy groups -OCH3 is 1. The number of fused-ring (bicyclic) bond motifs is 1. The maximum absolute atomic E-state index is 13.9. The molecule has 1 aliphatic heterocycles. The third kappa shape index (κ3) is 7.10. The van der Waals surface area contributed by atoms with Gasteiger partial charge in [-0.1, -0.05) is 35.3 Å². The van der Waals surface area contributed by atoms with Crippen LogP contribution in [0.3, 0.4) is 0 Å². The normalized spacial score (nSPS) is 16.4. The number of halogens is 2. The molecule has 3 aromatic carbocycles. The van der Waals surface area contributed by atoms with Crippen LogP contribution in [0.15, 0.2) is 66.7 Å². The van der Waals surface area contributed by atoms with Crippen LogP contribution in [-0.2, 0) is 9.47 Å². The molecule has 1 aliphatic rings. The lowest BCUT2D eigenvalue weighted by Crippen LogP contribution is -2.41. The summed E-state index contributed by atoms with van der Waals surface area (Å²) in [6.45, 7) is 0.938. The Hall–Kier alpha value is -3.21. The smallest absolute Gasteiger partial charge is 0.260 e. The molecular weight excluding hydrogens is 571 g/mol. The lowest BCUT2D eigenvalue weighted by Gasteiger charge is -2.30. The van der Waals surface area contributed by atoms with Gasteiger partial charge >= 0.3 is 0 Å². The zero-order valence-electron chi connectivity index (χ0n) is 22.1. The van der Waals surface area contributed by atoms with Crippen molar-refractivity contribution in [1.29, 1.82) is 0 Å². The summed E-state index contributed by atoms with van der Waals surface area (Å²) in [6, 6.07) is 18.9. The zero-order valence-corrected chi connectivity index (χ0v) is 24.4. The summed E-state index contributed by atoms with van der Waals surface area (Å²) in [5.74, 6) is -0.586. The second-order valence-corrected chi connectivity index (χ2v) is 10.3. The van der Waals surface area contributed by atoms with E-state index in [0.717, 1.165) is 5.56 Å². The Morgan fingerprint density at radius 2 is 1.80 bits per heavy atom. The first-order valence-corrected chi connectivity index (χ1v) is 13.9. The second-order valence-electron chi connectivity index (χ2n) is 9.02. The molecule has 210 valence electrons. The molecule has 0 fully saturated rings. The van der Waals surface area contributed by atoms with Gasteiger partial charge in [0, 0.05) is 42.5 Å². The molecule has 3 N–H and O–H groups in total. The Morgan fingerprint density at radius 1 is 1.05 bits per heavy atom. The number of anilines is 2. The number of ether oxygens (including phenoxy) is 2. The lowest BCUT2D eigenvalue weighted by atomic mass is 10.0. The summed E-state index contributed by atoms with van der Waals surface area (Å²) in [4.78, 5) is 28.2. The molecule has 0 aromatic heterocycles. The molecule has 4 rings (SSSR count). The fraction of sp³-hybridized carbons (Fsp3) is 0.276. The van der Waals surface area contributed by atoms with Crippen LogP contribution in [0.5, 0.6) is 0 Å². The largest absolute Gasteiger partial charge is 0.372 e. The van der Waals surface area contributed by atoms with E-state index < -0.39 is 6.23 Å². The summed E-state index contributed by atoms with van der Waals surface area (Å²) in [6.07, 6.45) is 0.360. The molecule has 2 unspecified atom stereocenters. The van der Waals surface area contributed by atoms with Crippen LogP contribution in [0.25, 0.3) is 0 Å². The number of carbonyl (C=O) groups is 2. The fourth-order valence-electron chi connectivity index (χ4n) is 4.51. The minimum atomic E-state index is -0.518. The number of thiocarbonyl (C=S) groups is 1. The minimum Gasteiger partial charge on any atom is -0.372 e. The van der Waals surface area contributed by atoms with Gasteiger partial charge in [0.25, 0.3) is 11.8 Å². The molecular formula is C29H30Cl2N4O4S. The average molecular weight is 602 g/mol. The number of amides is 2. The molecule has 40 heavy (non-hydrogen) atoms. The van der Waals surface area contributed by atoms with Crippen molar-refractivity contribution in [2.45, 2.75) is 25.2 Å². The van der Waals surface area contributed by atoms with Gasteiger partial charge in [0.1, 0.15) is 6.23 Å². The van der Waals surface area contributed by atoms with E-state index in [4.69, 9.17) is 44.9 Å². The Morgan fingerprint density at radius 3 is 2.50 bits per heavy atom. The first kappa shape index (κ1) is 29.8. The molecule has 0 saturated heterocycles. The van der Waals surface area contributed by atoms with E-state index in [-0.39, 0.29) is 17.9 Å². The number of hydrogen-bond acceptors (Lipinski definition) is 5. The predicted molar refractivity (Wildman–Crippen MR) is 162 cm³/mol. The molecule has 0 saturated carbocycles. The van der Waals surface area contributed by atoms with Crippen molar-refractivity contribution in [1.82, 2.24) is 10.6 Å². The molecule has 2 atom stereocenters. The molecule has 8 nitrogen and oxygen atoms in total. The van der Waals surface area contributed by atoms with Crippen LogP contribution in [0.4, 0.5) is 11.4 Å². The summed E-state index contributed by atoms with van der Waals surface area (Å²) < 4.78 is 12.0. The van der Waals surface area contributed by atoms with Gasteiger partial charge in [0.15, 0.2) is 5.11 Å². The van der Waals surface area contributed by atoms with Crippen molar-refractivity contribution in [2.75, 3.05) is 37.5 Å². The summed E-state index contributed by atoms with van der Waals surface area (Å²) in [5.41, 5.74) is 2.80. The average Bonchev–Trinajstić information content (AvgIpc) is 3.11. The lowest BCUT2D eigenvalue weighted by molar-refractivity contribution is 0.0334. The van der Waals surface area contributed by atoms with E-state index in [0.29, 0.717) is 63.7 Å². The van der Waals surface area contributed by atoms with Crippen LogP contribution in [0.2, 0.25) is 10.0 Å². The van der Waals surface area contributed by atoms with E-state index in [1.165, 1.54) is 0 Å². The number of rotatable bonds is 8. The third-order valence-corrected chi connectivity index (χ3v) is 7.41. The highest BCUT2D eigenvalue weighted by atomic mass is 35.5. The number of benzene rings is 3. The van der Waals surface area contributed by atoms with Crippen molar-refractivity contribution in [3.63, 3.8) is 0 Å². The van der Waals surface area contributed by atoms with Crippen molar-refractivity contribution in [3.05, 3.63) is 93.5 Å². The summed E-state index contributed by atoms with van der Waals surface area (Å²) in [5, 5.41) is 10.2. The molecule has 2 amide bonds.